The predicted octanol–water partition coefficient (Wildman–Crippen LogP) is 4.64. The van der Waals surface area contributed by atoms with E-state index in [1.165, 1.54) is 44.9 Å². The molecule has 1 saturated carbocycles. The Kier molecular flexibility index (Phi) is 9.92. The Morgan fingerprint density at radius 2 is 1.71 bits per heavy atom. The van der Waals surface area contributed by atoms with Gasteiger partial charge in [0, 0.05) is 44.1 Å². The second-order valence-electron chi connectivity index (χ2n) is 12.3. The predicted molar refractivity (Wildman–Crippen MR) is 162 cm³/mol. The molecule has 5 atom stereocenters. The number of para-hydroxylation sites is 2. The first-order valence-electron chi connectivity index (χ1n) is 15.8. The maximum atomic E-state index is 14.3. The van der Waals surface area contributed by atoms with Crippen LogP contribution in [0.1, 0.15) is 102 Å². The first-order chi connectivity index (χ1) is 20.4. The summed E-state index contributed by atoms with van der Waals surface area (Å²) in [6, 6.07) is 9.23. The molecule has 228 valence electrons. The van der Waals surface area contributed by atoms with Crippen LogP contribution in [0.5, 0.6) is 0 Å². The molecule has 1 aromatic carbocycles. The topological polar surface area (TPSA) is 126 Å². The van der Waals surface area contributed by atoms with Gasteiger partial charge in [0.25, 0.3) is 5.56 Å². The molecule has 2 bridgehead atoms. The van der Waals surface area contributed by atoms with Gasteiger partial charge in [-0.3, -0.25) is 14.5 Å². The summed E-state index contributed by atoms with van der Waals surface area (Å²) in [6.45, 7) is 1.65. The number of nitrogens with zero attached hydrogens (tertiary/aromatic N) is 4. The highest BCUT2D eigenvalue weighted by molar-refractivity contribution is 6.01. The fraction of sp³-hybridized carbons (Fsp3) is 0.656. The summed E-state index contributed by atoms with van der Waals surface area (Å²) in [5.41, 5.74) is 1.50. The van der Waals surface area contributed by atoms with Gasteiger partial charge in [0.2, 0.25) is 12.5 Å². The Hall–Kier alpha value is -3.27. The van der Waals surface area contributed by atoms with Crippen LogP contribution in [0.15, 0.2) is 34.2 Å². The van der Waals surface area contributed by atoms with E-state index in [-0.39, 0.29) is 41.8 Å². The zero-order chi connectivity index (χ0) is 29.6. The minimum absolute atomic E-state index is 0.0193. The number of aliphatic carboxylic acids is 1. The van der Waals surface area contributed by atoms with E-state index in [4.69, 9.17) is 9.94 Å². The van der Waals surface area contributed by atoms with Crippen LogP contribution >= 0.6 is 0 Å². The van der Waals surface area contributed by atoms with Crippen LogP contribution < -0.4 is 10.9 Å². The van der Waals surface area contributed by atoms with Gasteiger partial charge >= 0.3 is 5.97 Å². The average Bonchev–Trinajstić information content (AvgIpc) is 2.98. The number of amides is 1. The molecule has 3 aliphatic rings. The molecule has 2 aromatic rings. The summed E-state index contributed by atoms with van der Waals surface area (Å²) >= 11 is 0. The lowest BCUT2D eigenvalue weighted by atomic mass is 9.76. The van der Waals surface area contributed by atoms with Crippen LogP contribution in [0, 0.1) is 5.92 Å². The number of carboxylic acids is 1. The van der Waals surface area contributed by atoms with Crippen molar-refractivity contribution in [2.24, 2.45) is 11.1 Å². The van der Waals surface area contributed by atoms with Crippen LogP contribution in [0.4, 0.5) is 0 Å². The number of benzene rings is 1. The molecule has 10 heteroatoms. The molecule has 42 heavy (non-hydrogen) atoms. The minimum atomic E-state index is -1.18. The van der Waals surface area contributed by atoms with Crippen molar-refractivity contribution in [2.45, 2.75) is 115 Å². The first-order valence-corrected chi connectivity index (χ1v) is 15.8. The van der Waals surface area contributed by atoms with Crippen LogP contribution in [-0.2, 0) is 14.4 Å². The molecule has 1 aromatic heterocycles. The summed E-state index contributed by atoms with van der Waals surface area (Å²) in [6.07, 6.45) is 13.4. The molecule has 2 N–H and O–H groups in total. The Bertz CT molecular complexity index is 1340. The van der Waals surface area contributed by atoms with E-state index < -0.39 is 12.6 Å². The molecule has 0 spiro atoms. The molecule has 2 aliphatic heterocycles. The summed E-state index contributed by atoms with van der Waals surface area (Å²) in [4.78, 5) is 50.0. The van der Waals surface area contributed by atoms with E-state index in [1.54, 1.807) is 7.05 Å². The number of rotatable bonds is 11. The van der Waals surface area contributed by atoms with Gasteiger partial charge in [-0.1, -0.05) is 56.3 Å². The lowest BCUT2D eigenvalue weighted by Crippen LogP contribution is -2.58. The quantitative estimate of drug-likeness (QED) is 0.293. The molecule has 3 fully saturated rings. The van der Waals surface area contributed by atoms with E-state index in [1.807, 2.05) is 28.8 Å². The second-order valence-corrected chi connectivity index (χ2v) is 12.3. The SMILES string of the molecule is CCCC1CCC[C@H](N2C3CCC[C@H]2CC(n2c(=O)c(/C(CCC(=O)NC)=N/OCC(=O)O)nc4ccccc42)C3)C1. The fourth-order valence-corrected chi connectivity index (χ4v) is 7.83. The average molecular weight is 580 g/mol. The highest BCUT2D eigenvalue weighted by Gasteiger charge is 2.43. The normalized spacial score (nSPS) is 26.6. The monoisotopic (exact) mass is 579 g/mol. The third kappa shape index (κ3) is 6.69. The largest absolute Gasteiger partial charge is 0.479 e. The lowest BCUT2D eigenvalue weighted by Gasteiger charge is -2.54. The van der Waals surface area contributed by atoms with Crippen LogP contribution in [0.2, 0.25) is 0 Å². The molecule has 2 saturated heterocycles. The van der Waals surface area contributed by atoms with E-state index in [9.17, 15) is 14.4 Å². The number of piperidine rings is 2. The van der Waals surface area contributed by atoms with Gasteiger partial charge in [0.05, 0.1) is 11.0 Å². The van der Waals surface area contributed by atoms with E-state index in [0.29, 0.717) is 23.6 Å². The Balaban J connectivity index is 1.49. The number of hydrogen-bond acceptors (Lipinski definition) is 7. The Morgan fingerprint density at radius 1 is 1.02 bits per heavy atom. The van der Waals surface area contributed by atoms with Crippen molar-refractivity contribution in [3.05, 3.63) is 40.3 Å². The van der Waals surface area contributed by atoms with Crippen molar-refractivity contribution in [3.63, 3.8) is 0 Å². The maximum Gasteiger partial charge on any atom is 0.344 e. The number of aromatic nitrogens is 2. The number of carboxylic acid groups (broad SMARTS) is 1. The van der Waals surface area contributed by atoms with Crippen molar-refractivity contribution in [2.75, 3.05) is 13.7 Å². The molecular formula is C32H45N5O5. The van der Waals surface area contributed by atoms with Gasteiger partial charge in [-0.25, -0.2) is 9.78 Å². The maximum absolute atomic E-state index is 14.3. The highest BCUT2D eigenvalue weighted by atomic mass is 16.6. The molecule has 1 aliphatic carbocycles. The summed E-state index contributed by atoms with van der Waals surface area (Å²) in [5.74, 6) is -0.561. The number of fused-ring (bicyclic) bond motifs is 3. The van der Waals surface area contributed by atoms with Crippen molar-refractivity contribution < 1.29 is 19.5 Å². The number of hydrogen-bond donors (Lipinski definition) is 2. The third-order valence-electron chi connectivity index (χ3n) is 9.54. The Labute approximate surface area is 247 Å². The van der Waals surface area contributed by atoms with Gasteiger partial charge in [0.15, 0.2) is 5.69 Å². The second kappa shape index (κ2) is 13.8. The zero-order valence-electron chi connectivity index (χ0n) is 25.0. The van der Waals surface area contributed by atoms with Crippen molar-refractivity contribution >= 4 is 28.6 Å². The van der Waals surface area contributed by atoms with Crippen molar-refractivity contribution in [1.82, 2.24) is 19.8 Å². The molecule has 10 nitrogen and oxygen atoms in total. The van der Waals surface area contributed by atoms with Gasteiger partial charge in [0.1, 0.15) is 5.71 Å². The van der Waals surface area contributed by atoms with Crippen molar-refractivity contribution in [1.29, 1.82) is 0 Å². The fourth-order valence-electron chi connectivity index (χ4n) is 7.83. The van der Waals surface area contributed by atoms with Crippen LogP contribution in [-0.4, -0.2) is 68.9 Å². The summed E-state index contributed by atoms with van der Waals surface area (Å²) < 4.78 is 1.91. The highest BCUT2D eigenvalue weighted by Crippen LogP contribution is 2.44. The molecular weight excluding hydrogens is 534 g/mol. The van der Waals surface area contributed by atoms with E-state index in [2.05, 4.69) is 27.3 Å². The van der Waals surface area contributed by atoms with Gasteiger partial charge < -0.3 is 19.8 Å². The van der Waals surface area contributed by atoms with Crippen molar-refractivity contribution in [3.8, 4) is 0 Å². The zero-order valence-corrected chi connectivity index (χ0v) is 25.0. The standard InChI is InChI=1S/C32H45N5O5/c1-3-8-21-9-6-10-22(17-21)36-23-11-7-12-24(36)19-25(18-23)37-28-14-5-4-13-26(28)34-31(32(37)41)27(15-16-29(38)33-2)35-42-20-30(39)40/h4-5,13-14,21-25H,3,6-12,15-20H2,1-2H3,(H,33,38)(H,39,40)/b35-27+/t21?,22-,23-,24?,25?/m0/s1. The van der Waals surface area contributed by atoms with E-state index >= 15 is 0 Å². The van der Waals surface area contributed by atoms with Gasteiger partial charge in [-0.05, 0) is 56.6 Å². The van der Waals surface area contributed by atoms with Gasteiger partial charge in [-0.15, -0.1) is 0 Å². The molecule has 1 amide bonds. The smallest absolute Gasteiger partial charge is 0.344 e. The van der Waals surface area contributed by atoms with E-state index in [0.717, 1.165) is 37.1 Å². The first kappa shape index (κ1) is 30.2. The van der Waals surface area contributed by atoms with Crippen LogP contribution in [0.3, 0.4) is 0 Å². The third-order valence-corrected chi connectivity index (χ3v) is 9.54. The number of carbonyl (C=O) groups is 2. The molecule has 3 unspecified atom stereocenters. The summed E-state index contributed by atoms with van der Waals surface area (Å²) in [7, 11) is 1.54. The number of carbonyl (C=O) groups excluding carboxylic acids is 1. The Morgan fingerprint density at radius 3 is 2.40 bits per heavy atom. The molecule has 0 radical (unpaired) electrons. The van der Waals surface area contributed by atoms with Crippen LogP contribution in [0.25, 0.3) is 11.0 Å². The van der Waals surface area contributed by atoms with Gasteiger partial charge in [-0.2, -0.15) is 0 Å². The lowest BCUT2D eigenvalue weighted by molar-refractivity contribution is -0.142. The number of oxime groups is 1. The molecule has 5 rings (SSSR count). The summed E-state index contributed by atoms with van der Waals surface area (Å²) in [5, 5.41) is 15.7. The number of nitrogens with one attached hydrogen (secondary N) is 1. The molecule has 3 heterocycles. The minimum Gasteiger partial charge on any atom is -0.479 e.